The Kier molecular flexibility index (Phi) is 10.8. The number of nitrogens with zero attached hydrogens (tertiary/aromatic N) is 2. The van der Waals surface area contributed by atoms with E-state index in [-0.39, 0.29) is 23.0 Å². The van der Waals surface area contributed by atoms with E-state index in [4.69, 9.17) is 27.9 Å². The standard InChI is InChI=1S/C29H33Cl2N3O5S/c1-5-27(29(36)32-4)33(18-21-9-16-25(30)26(31)17-21)28(35)19-34(22-10-12-23(13-11-22)39-6-2)40(37,38)24-14-7-20(3)8-15-24/h7-17,27H,5-6,18-19H2,1-4H3,(H,32,36). The summed E-state index contributed by atoms with van der Waals surface area (Å²) in [6, 6.07) is 16.9. The monoisotopic (exact) mass is 605 g/mol. The fourth-order valence-electron chi connectivity index (χ4n) is 4.16. The molecule has 8 nitrogen and oxygen atoms in total. The first-order valence-corrected chi connectivity index (χ1v) is 15.0. The van der Waals surface area contributed by atoms with E-state index in [9.17, 15) is 18.0 Å². The highest BCUT2D eigenvalue weighted by Crippen LogP contribution is 2.28. The van der Waals surface area contributed by atoms with Crippen LogP contribution in [0.3, 0.4) is 0 Å². The lowest BCUT2D eigenvalue weighted by molar-refractivity contribution is -0.140. The molecule has 0 aliphatic carbocycles. The molecule has 3 rings (SSSR count). The van der Waals surface area contributed by atoms with E-state index >= 15 is 0 Å². The molecule has 11 heteroatoms. The molecule has 3 aromatic rings. The van der Waals surface area contributed by atoms with Gasteiger partial charge in [0.1, 0.15) is 18.3 Å². The topological polar surface area (TPSA) is 96.0 Å². The largest absolute Gasteiger partial charge is 0.494 e. The van der Waals surface area contributed by atoms with Crippen molar-refractivity contribution in [3.8, 4) is 5.75 Å². The number of sulfonamides is 1. The van der Waals surface area contributed by atoms with Crippen molar-refractivity contribution in [3.05, 3.63) is 87.9 Å². The zero-order valence-corrected chi connectivity index (χ0v) is 25.2. The number of hydrogen-bond donors (Lipinski definition) is 1. The molecule has 1 unspecified atom stereocenters. The second-order valence-corrected chi connectivity index (χ2v) is 11.7. The van der Waals surface area contributed by atoms with Crippen molar-refractivity contribution in [1.29, 1.82) is 0 Å². The highest BCUT2D eigenvalue weighted by molar-refractivity contribution is 7.92. The van der Waals surface area contributed by atoms with Crippen LogP contribution in [0.4, 0.5) is 5.69 Å². The molecule has 0 aromatic heterocycles. The van der Waals surface area contributed by atoms with Gasteiger partial charge in [-0.15, -0.1) is 0 Å². The molecule has 1 N–H and O–H groups in total. The first kappa shape index (κ1) is 31.3. The smallest absolute Gasteiger partial charge is 0.264 e. The number of rotatable bonds is 12. The SMILES string of the molecule is CCOc1ccc(N(CC(=O)N(Cc2ccc(Cl)c(Cl)c2)C(CC)C(=O)NC)S(=O)(=O)c2ccc(C)cc2)cc1. The minimum atomic E-state index is -4.16. The number of anilines is 1. The van der Waals surface area contributed by atoms with Crippen molar-refractivity contribution in [2.75, 3.05) is 24.5 Å². The van der Waals surface area contributed by atoms with Crippen LogP contribution in [0.1, 0.15) is 31.4 Å². The van der Waals surface area contributed by atoms with Gasteiger partial charge in [-0.2, -0.15) is 0 Å². The van der Waals surface area contributed by atoms with Gasteiger partial charge in [0, 0.05) is 13.6 Å². The third kappa shape index (κ3) is 7.47. The number of halogens is 2. The maximum Gasteiger partial charge on any atom is 0.264 e. The van der Waals surface area contributed by atoms with Gasteiger partial charge in [0.05, 0.1) is 27.2 Å². The lowest BCUT2D eigenvalue weighted by Crippen LogP contribution is -2.51. The first-order chi connectivity index (χ1) is 19.0. The van der Waals surface area contributed by atoms with Gasteiger partial charge in [0.15, 0.2) is 0 Å². The fourth-order valence-corrected chi connectivity index (χ4v) is 5.90. The molecule has 1 atom stereocenters. The lowest BCUT2D eigenvalue weighted by atomic mass is 10.1. The molecule has 0 saturated heterocycles. The van der Waals surface area contributed by atoms with Gasteiger partial charge in [-0.05, 0) is 74.4 Å². The van der Waals surface area contributed by atoms with Crippen molar-refractivity contribution >= 4 is 50.7 Å². The van der Waals surface area contributed by atoms with Gasteiger partial charge in [0.25, 0.3) is 10.0 Å². The lowest BCUT2D eigenvalue weighted by Gasteiger charge is -2.33. The van der Waals surface area contributed by atoms with Gasteiger partial charge in [-0.25, -0.2) is 8.42 Å². The Morgan fingerprint density at radius 3 is 2.15 bits per heavy atom. The molecule has 0 bridgehead atoms. The molecule has 0 fully saturated rings. The van der Waals surface area contributed by atoms with Crippen LogP contribution in [0.25, 0.3) is 0 Å². The summed E-state index contributed by atoms with van der Waals surface area (Å²) in [5, 5.41) is 3.25. The van der Waals surface area contributed by atoms with Crippen molar-refractivity contribution < 1.29 is 22.7 Å². The van der Waals surface area contributed by atoms with Crippen LogP contribution in [-0.2, 0) is 26.2 Å². The molecular formula is C29H33Cl2N3O5S. The average Bonchev–Trinajstić information content (AvgIpc) is 2.94. The van der Waals surface area contributed by atoms with E-state index < -0.39 is 28.5 Å². The molecule has 214 valence electrons. The van der Waals surface area contributed by atoms with Crippen LogP contribution in [0, 0.1) is 6.92 Å². The maximum atomic E-state index is 14.0. The van der Waals surface area contributed by atoms with Gasteiger partial charge in [-0.1, -0.05) is 53.9 Å². The zero-order valence-electron chi connectivity index (χ0n) is 22.9. The van der Waals surface area contributed by atoms with Crippen molar-refractivity contribution in [3.63, 3.8) is 0 Å². The predicted octanol–water partition coefficient (Wildman–Crippen LogP) is 5.45. The highest BCUT2D eigenvalue weighted by Gasteiger charge is 2.33. The van der Waals surface area contributed by atoms with Crippen molar-refractivity contribution in [2.45, 2.75) is 44.7 Å². The maximum absolute atomic E-state index is 14.0. The summed E-state index contributed by atoms with van der Waals surface area (Å²) in [6.45, 7) is 5.41. The predicted molar refractivity (Wildman–Crippen MR) is 158 cm³/mol. The quantitative estimate of drug-likeness (QED) is 0.296. The third-order valence-electron chi connectivity index (χ3n) is 6.29. The van der Waals surface area contributed by atoms with E-state index in [1.54, 1.807) is 61.5 Å². The van der Waals surface area contributed by atoms with Crippen LogP contribution >= 0.6 is 23.2 Å². The van der Waals surface area contributed by atoms with Crippen LogP contribution < -0.4 is 14.4 Å². The molecule has 2 amide bonds. The zero-order chi connectivity index (χ0) is 29.4. The van der Waals surface area contributed by atoms with Gasteiger partial charge in [-0.3, -0.25) is 13.9 Å². The Morgan fingerprint density at radius 2 is 1.60 bits per heavy atom. The number of amides is 2. The minimum absolute atomic E-state index is 0.0172. The molecule has 0 spiro atoms. The number of benzene rings is 3. The van der Waals surface area contributed by atoms with Crippen molar-refractivity contribution in [2.24, 2.45) is 0 Å². The van der Waals surface area contributed by atoms with E-state index in [1.807, 2.05) is 13.8 Å². The van der Waals surface area contributed by atoms with E-state index in [2.05, 4.69) is 5.32 Å². The number of likely N-dealkylation sites (N-methyl/N-ethyl adjacent to an activating group) is 1. The van der Waals surface area contributed by atoms with E-state index in [0.29, 0.717) is 34.4 Å². The Balaban J connectivity index is 2.06. The Bertz CT molecular complexity index is 1430. The van der Waals surface area contributed by atoms with Gasteiger partial charge < -0.3 is 15.0 Å². The molecule has 0 aliphatic heterocycles. The fraction of sp³-hybridized carbons (Fsp3) is 0.310. The Morgan fingerprint density at radius 1 is 0.950 bits per heavy atom. The summed E-state index contributed by atoms with van der Waals surface area (Å²) >= 11 is 12.3. The van der Waals surface area contributed by atoms with Crippen molar-refractivity contribution in [1.82, 2.24) is 10.2 Å². The number of carbonyl (C=O) groups is 2. The minimum Gasteiger partial charge on any atom is -0.494 e. The van der Waals surface area contributed by atoms with Crippen LogP contribution in [0.15, 0.2) is 71.6 Å². The summed E-state index contributed by atoms with van der Waals surface area (Å²) in [6.07, 6.45) is 0.306. The average molecular weight is 607 g/mol. The van der Waals surface area contributed by atoms with Gasteiger partial charge in [0.2, 0.25) is 11.8 Å². The molecule has 3 aromatic carbocycles. The number of hydrogen-bond acceptors (Lipinski definition) is 5. The number of nitrogens with one attached hydrogen (secondary N) is 1. The summed E-state index contributed by atoms with van der Waals surface area (Å²) in [5.41, 5.74) is 1.81. The van der Waals surface area contributed by atoms with Crippen LogP contribution in [0.5, 0.6) is 5.75 Å². The molecule has 40 heavy (non-hydrogen) atoms. The molecular weight excluding hydrogens is 573 g/mol. The molecule has 0 radical (unpaired) electrons. The van der Waals surface area contributed by atoms with Crippen LogP contribution in [0.2, 0.25) is 10.0 Å². The Hall–Kier alpha value is -3.27. The number of carbonyl (C=O) groups excluding carboxylic acids is 2. The molecule has 0 aliphatic rings. The summed E-state index contributed by atoms with van der Waals surface area (Å²) < 4.78 is 34.3. The third-order valence-corrected chi connectivity index (χ3v) is 8.82. The van der Waals surface area contributed by atoms with Crippen LogP contribution in [-0.4, -0.2) is 51.4 Å². The normalized spacial score (nSPS) is 11.9. The second-order valence-electron chi connectivity index (χ2n) is 9.06. The van der Waals surface area contributed by atoms with E-state index in [0.717, 1.165) is 9.87 Å². The molecule has 0 heterocycles. The second kappa shape index (κ2) is 13.9. The molecule has 0 saturated carbocycles. The summed E-state index contributed by atoms with van der Waals surface area (Å²) in [5.74, 6) is -0.367. The van der Waals surface area contributed by atoms with Gasteiger partial charge >= 0.3 is 0 Å². The first-order valence-electron chi connectivity index (χ1n) is 12.8. The Labute approximate surface area is 245 Å². The number of ether oxygens (including phenoxy) is 1. The number of aryl methyl sites for hydroxylation is 1. The van der Waals surface area contributed by atoms with E-state index in [1.165, 1.54) is 24.1 Å². The summed E-state index contributed by atoms with van der Waals surface area (Å²) in [7, 11) is -2.68. The summed E-state index contributed by atoms with van der Waals surface area (Å²) in [4.78, 5) is 28.2. The highest BCUT2D eigenvalue weighted by atomic mass is 35.5.